The SMILES string of the molecule is CC(C)(C)OC(=O)N1CC(NCc2ccncc2)(C(=O)O)C1. The number of carboxylic acid groups (broad SMARTS) is 1. The number of pyridine rings is 1. The quantitative estimate of drug-likeness (QED) is 0.869. The van der Waals surface area contributed by atoms with Gasteiger partial charge in [-0.1, -0.05) is 0 Å². The molecule has 0 atom stereocenters. The van der Waals surface area contributed by atoms with Crippen molar-refractivity contribution < 1.29 is 19.4 Å². The monoisotopic (exact) mass is 307 g/mol. The van der Waals surface area contributed by atoms with Crippen molar-refractivity contribution in [3.63, 3.8) is 0 Å². The highest BCUT2D eigenvalue weighted by atomic mass is 16.6. The Hall–Kier alpha value is -2.15. The van der Waals surface area contributed by atoms with Crippen LogP contribution in [0.3, 0.4) is 0 Å². The fourth-order valence-electron chi connectivity index (χ4n) is 2.16. The molecule has 1 aromatic rings. The van der Waals surface area contributed by atoms with Gasteiger partial charge >= 0.3 is 12.1 Å². The first-order valence-corrected chi connectivity index (χ1v) is 7.07. The average molecular weight is 307 g/mol. The summed E-state index contributed by atoms with van der Waals surface area (Å²) in [5, 5.41) is 12.5. The second-order valence-corrected chi connectivity index (χ2v) is 6.43. The summed E-state index contributed by atoms with van der Waals surface area (Å²) in [4.78, 5) is 28.7. The van der Waals surface area contributed by atoms with Crippen molar-refractivity contribution in [3.8, 4) is 0 Å². The van der Waals surface area contributed by atoms with Crippen molar-refractivity contribution in [2.24, 2.45) is 0 Å². The van der Waals surface area contributed by atoms with Crippen LogP contribution in [0, 0.1) is 0 Å². The molecule has 22 heavy (non-hydrogen) atoms. The van der Waals surface area contributed by atoms with Crippen LogP contribution in [0.25, 0.3) is 0 Å². The molecule has 1 saturated heterocycles. The Balaban J connectivity index is 1.93. The smallest absolute Gasteiger partial charge is 0.410 e. The van der Waals surface area contributed by atoms with Gasteiger partial charge in [0.25, 0.3) is 0 Å². The number of likely N-dealkylation sites (tertiary alicyclic amines) is 1. The van der Waals surface area contributed by atoms with E-state index in [2.05, 4.69) is 10.3 Å². The second kappa shape index (κ2) is 5.92. The van der Waals surface area contributed by atoms with Crippen molar-refractivity contribution in [2.75, 3.05) is 13.1 Å². The minimum Gasteiger partial charge on any atom is -0.480 e. The summed E-state index contributed by atoms with van der Waals surface area (Å²) < 4.78 is 5.24. The first-order valence-electron chi connectivity index (χ1n) is 7.07. The maximum atomic E-state index is 11.9. The van der Waals surface area contributed by atoms with E-state index in [0.29, 0.717) is 6.54 Å². The first kappa shape index (κ1) is 16.2. The maximum Gasteiger partial charge on any atom is 0.410 e. The number of rotatable bonds is 4. The molecule has 2 heterocycles. The van der Waals surface area contributed by atoms with Crippen LogP contribution in [0.1, 0.15) is 26.3 Å². The number of aliphatic carboxylic acids is 1. The van der Waals surface area contributed by atoms with Gasteiger partial charge in [0.05, 0.1) is 13.1 Å². The van der Waals surface area contributed by atoms with Gasteiger partial charge in [-0.25, -0.2) is 4.79 Å². The van der Waals surface area contributed by atoms with E-state index in [0.717, 1.165) is 5.56 Å². The minimum atomic E-state index is -1.12. The van der Waals surface area contributed by atoms with Crippen LogP contribution in [0.5, 0.6) is 0 Å². The number of ether oxygens (including phenoxy) is 1. The zero-order valence-corrected chi connectivity index (χ0v) is 13.0. The Kier molecular flexibility index (Phi) is 4.37. The van der Waals surface area contributed by atoms with Gasteiger partial charge in [-0.3, -0.25) is 15.1 Å². The number of amides is 1. The molecule has 1 amide bonds. The van der Waals surface area contributed by atoms with E-state index in [1.54, 1.807) is 33.2 Å². The van der Waals surface area contributed by atoms with Crippen LogP contribution in [0.15, 0.2) is 24.5 Å². The zero-order valence-electron chi connectivity index (χ0n) is 13.0. The molecule has 2 rings (SSSR count). The summed E-state index contributed by atoms with van der Waals surface area (Å²) in [6.45, 7) is 5.89. The predicted octanol–water partition coefficient (Wildman–Crippen LogP) is 1.25. The molecular formula is C15H21N3O4. The fourth-order valence-corrected chi connectivity index (χ4v) is 2.16. The molecule has 1 fully saturated rings. The molecule has 0 saturated carbocycles. The summed E-state index contributed by atoms with van der Waals surface area (Å²) in [6.07, 6.45) is 2.81. The van der Waals surface area contributed by atoms with Crippen LogP contribution in [-0.4, -0.2) is 51.3 Å². The second-order valence-electron chi connectivity index (χ2n) is 6.43. The number of carboxylic acids is 1. The van der Waals surface area contributed by atoms with Crippen molar-refractivity contribution >= 4 is 12.1 Å². The molecule has 0 bridgehead atoms. The molecule has 7 heteroatoms. The number of nitrogens with zero attached hydrogens (tertiary/aromatic N) is 2. The van der Waals surface area contributed by atoms with Crippen molar-refractivity contribution in [3.05, 3.63) is 30.1 Å². The van der Waals surface area contributed by atoms with Crippen molar-refractivity contribution in [1.82, 2.24) is 15.2 Å². The molecule has 0 unspecified atom stereocenters. The topological polar surface area (TPSA) is 91.8 Å². The van der Waals surface area contributed by atoms with Crippen molar-refractivity contribution in [1.29, 1.82) is 0 Å². The van der Waals surface area contributed by atoms with Gasteiger partial charge in [0, 0.05) is 18.9 Å². The van der Waals surface area contributed by atoms with E-state index in [1.807, 2.05) is 12.1 Å². The third-order valence-electron chi connectivity index (χ3n) is 3.36. The minimum absolute atomic E-state index is 0.0856. The van der Waals surface area contributed by atoms with Gasteiger partial charge in [-0.15, -0.1) is 0 Å². The zero-order chi connectivity index (χ0) is 16.4. The van der Waals surface area contributed by atoms with Gasteiger partial charge in [0.15, 0.2) is 5.54 Å². The molecule has 0 aliphatic carbocycles. The molecule has 1 aliphatic rings. The van der Waals surface area contributed by atoms with E-state index in [-0.39, 0.29) is 13.1 Å². The van der Waals surface area contributed by atoms with E-state index in [9.17, 15) is 14.7 Å². The van der Waals surface area contributed by atoms with Crippen LogP contribution in [0.2, 0.25) is 0 Å². The lowest BCUT2D eigenvalue weighted by molar-refractivity contribution is -0.152. The summed E-state index contributed by atoms with van der Waals surface area (Å²) >= 11 is 0. The van der Waals surface area contributed by atoms with Crippen LogP contribution < -0.4 is 5.32 Å². The average Bonchev–Trinajstić information content (AvgIpc) is 2.36. The van der Waals surface area contributed by atoms with E-state index >= 15 is 0 Å². The largest absolute Gasteiger partial charge is 0.480 e. The Labute approximate surface area is 129 Å². The first-order chi connectivity index (χ1) is 10.2. The summed E-state index contributed by atoms with van der Waals surface area (Å²) in [5.74, 6) is -0.971. The lowest BCUT2D eigenvalue weighted by atomic mass is 9.90. The Morgan fingerprint density at radius 2 is 1.95 bits per heavy atom. The molecule has 1 aromatic heterocycles. The summed E-state index contributed by atoms with van der Waals surface area (Å²) in [6, 6.07) is 3.62. The van der Waals surface area contributed by atoms with Gasteiger partial charge in [0.1, 0.15) is 5.60 Å². The van der Waals surface area contributed by atoms with E-state index in [1.165, 1.54) is 4.90 Å². The fraction of sp³-hybridized carbons (Fsp3) is 0.533. The number of hydrogen-bond donors (Lipinski definition) is 2. The van der Waals surface area contributed by atoms with E-state index < -0.39 is 23.2 Å². The van der Waals surface area contributed by atoms with Gasteiger partial charge in [-0.05, 0) is 38.5 Å². The Morgan fingerprint density at radius 1 is 1.36 bits per heavy atom. The van der Waals surface area contributed by atoms with Gasteiger partial charge in [0.2, 0.25) is 0 Å². The number of nitrogens with one attached hydrogen (secondary N) is 1. The highest BCUT2D eigenvalue weighted by Crippen LogP contribution is 2.24. The normalized spacial score (nSPS) is 16.8. The molecule has 2 N–H and O–H groups in total. The number of aromatic nitrogens is 1. The standard InChI is InChI=1S/C15H21N3O4/c1-14(2,3)22-13(21)18-9-15(10-18,12(19)20)17-8-11-4-6-16-7-5-11/h4-7,17H,8-10H2,1-3H3,(H,19,20). The van der Waals surface area contributed by atoms with Crippen molar-refractivity contribution in [2.45, 2.75) is 38.5 Å². The molecule has 0 spiro atoms. The lowest BCUT2D eigenvalue weighted by Crippen LogP contribution is -2.74. The molecule has 0 aromatic carbocycles. The number of hydrogen-bond acceptors (Lipinski definition) is 5. The molecule has 1 aliphatic heterocycles. The Morgan fingerprint density at radius 3 is 2.45 bits per heavy atom. The third kappa shape index (κ3) is 3.73. The number of carbonyl (C=O) groups is 2. The van der Waals surface area contributed by atoms with Gasteiger partial charge < -0.3 is 14.7 Å². The highest BCUT2D eigenvalue weighted by Gasteiger charge is 2.52. The molecular weight excluding hydrogens is 286 g/mol. The van der Waals surface area contributed by atoms with Crippen LogP contribution >= 0.6 is 0 Å². The molecule has 0 radical (unpaired) electrons. The van der Waals surface area contributed by atoms with Crippen LogP contribution in [0.4, 0.5) is 4.79 Å². The molecule has 120 valence electrons. The third-order valence-corrected chi connectivity index (χ3v) is 3.36. The predicted molar refractivity (Wildman–Crippen MR) is 79.3 cm³/mol. The lowest BCUT2D eigenvalue weighted by Gasteiger charge is -2.47. The maximum absolute atomic E-state index is 11.9. The van der Waals surface area contributed by atoms with E-state index in [4.69, 9.17) is 4.74 Å². The summed E-state index contributed by atoms with van der Waals surface area (Å²) in [5.41, 5.74) is -0.783. The van der Waals surface area contributed by atoms with Gasteiger partial charge in [-0.2, -0.15) is 0 Å². The Bertz CT molecular complexity index is 548. The number of carbonyl (C=O) groups excluding carboxylic acids is 1. The molecule has 7 nitrogen and oxygen atoms in total. The highest BCUT2D eigenvalue weighted by molar-refractivity contribution is 5.84. The van der Waals surface area contributed by atoms with Crippen LogP contribution in [-0.2, 0) is 16.1 Å². The summed E-state index contributed by atoms with van der Waals surface area (Å²) in [7, 11) is 0.